The van der Waals surface area contributed by atoms with Crippen LogP contribution in [-0.2, 0) is 32.3 Å². The van der Waals surface area contributed by atoms with Gasteiger partial charge in [-0.1, -0.05) is 18.2 Å². The van der Waals surface area contributed by atoms with Crippen molar-refractivity contribution < 1.29 is 17.9 Å². The van der Waals surface area contributed by atoms with Crippen molar-refractivity contribution in [3.63, 3.8) is 0 Å². The summed E-state index contributed by atoms with van der Waals surface area (Å²) in [6.45, 7) is 8.02. The number of amides is 1. The summed E-state index contributed by atoms with van der Waals surface area (Å²) in [6.07, 6.45) is 6.84. The van der Waals surface area contributed by atoms with Gasteiger partial charge in [0.05, 0.1) is 45.7 Å². The largest absolute Gasteiger partial charge is 0.456 e. The number of nitrogens with zero attached hydrogens (tertiary/aromatic N) is 4. The fourth-order valence-electron chi connectivity index (χ4n) is 4.34. The van der Waals surface area contributed by atoms with Gasteiger partial charge in [-0.2, -0.15) is 5.10 Å². The van der Waals surface area contributed by atoms with Gasteiger partial charge in [-0.3, -0.25) is 19.4 Å². The molecule has 0 unspecified atom stereocenters. The summed E-state index contributed by atoms with van der Waals surface area (Å²) in [7, 11) is -3.64. The molecule has 0 aliphatic rings. The van der Waals surface area contributed by atoms with Crippen LogP contribution < -0.4 is 10.1 Å². The average molecular weight is 570 g/mol. The maximum absolute atomic E-state index is 13.1. The molecule has 0 aliphatic carbocycles. The van der Waals surface area contributed by atoms with Crippen molar-refractivity contribution in [3.8, 4) is 11.5 Å². The number of ether oxygens (including phenoxy) is 1. The fourth-order valence-corrected chi connectivity index (χ4v) is 5.64. The van der Waals surface area contributed by atoms with Crippen LogP contribution in [0.25, 0.3) is 10.9 Å². The van der Waals surface area contributed by atoms with Crippen molar-refractivity contribution in [2.75, 3.05) is 5.32 Å². The molecular weight excluding hydrogens is 538 g/mol. The Kier molecular flexibility index (Phi) is 7.59. The van der Waals surface area contributed by atoms with E-state index in [-0.39, 0.29) is 28.5 Å². The molecule has 0 bridgehead atoms. The molecule has 0 radical (unpaired) electrons. The molecule has 9 nitrogen and oxygen atoms in total. The molecule has 0 saturated heterocycles. The lowest BCUT2D eigenvalue weighted by molar-refractivity contribution is -0.115. The summed E-state index contributed by atoms with van der Waals surface area (Å²) in [5.74, 6) is 0.721. The molecule has 0 fully saturated rings. The standard InChI is InChI=1S/C31H31N5O4S/c1-21-15-22(16-30(37)35-24-18-34-36(19-24)31(2,3)4)8-11-28(21)40-29-12-14-33-27-10-9-25(17-26(27)29)41(38,39)20-23-7-5-6-13-32-23/h5-15,17-19H,16,20H2,1-4H3,(H,35,37). The maximum atomic E-state index is 13.1. The zero-order valence-corrected chi connectivity index (χ0v) is 24.1. The van der Waals surface area contributed by atoms with E-state index in [9.17, 15) is 13.2 Å². The lowest BCUT2D eigenvalue weighted by Crippen LogP contribution is -2.22. The highest BCUT2D eigenvalue weighted by Gasteiger charge is 2.19. The van der Waals surface area contributed by atoms with E-state index in [0.29, 0.717) is 33.8 Å². The minimum absolute atomic E-state index is 0.147. The SMILES string of the molecule is Cc1cc(CC(=O)Nc2cnn(C(C)(C)C)c2)ccc1Oc1ccnc2ccc(S(=O)(=O)Cc3ccccn3)cc12. The Morgan fingerprint density at radius 2 is 1.80 bits per heavy atom. The molecule has 1 N–H and O–H groups in total. The zero-order chi connectivity index (χ0) is 29.2. The minimum Gasteiger partial charge on any atom is -0.456 e. The predicted octanol–water partition coefficient (Wildman–Crippen LogP) is 5.84. The maximum Gasteiger partial charge on any atom is 0.228 e. The van der Waals surface area contributed by atoms with Gasteiger partial charge in [-0.05, 0) is 81.3 Å². The van der Waals surface area contributed by atoms with Gasteiger partial charge in [0.1, 0.15) is 11.5 Å². The second kappa shape index (κ2) is 11.1. The van der Waals surface area contributed by atoms with Gasteiger partial charge in [0.25, 0.3) is 0 Å². The van der Waals surface area contributed by atoms with Crippen LogP contribution in [0.15, 0.2) is 90.3 Å². The highest BCUT2D eigenvalue weighted by atomic mass is 32.2. The monoisotopic (exact) mass is 569 g/mol. The van der Waals surface area contributed by atoms with Crippen molar-refractivity contribution in [1.29, 1.82) is 0 Å². The number of benzene rings is 2. The Morgan fingerprint density at radius 3 is 2.51 bits per heavy atom. The number of hydrogen-bond acceptors (Lipinski definition) is 7. The number of carbonyl (C=O) groups is 1. The number of anilines is 1. The molecule has 210 valence electrons. The van der Waals surface area contributed by atoms with E-state index in [1.54, 1.807) is 65.7 Å². The van der Waals surface area contributed by atoms with Crippen LogP contribution >= 0.6 is 0 Å². The van der Waals surface area contributed by atoms with Gasteiger partial charge < -0.3 is 10.1 Å². The summed E-state index contributed by atoms with van der Waals surface area (Å²) >= 11 is 0. The normalized spacial score (nSPS) is 11.9. The van der Waals surface area contributed by atoms with E-state index >= 15 is 0 Å². The van der Waals surface area contributed by atoms with Gasteiger partial charge in [-0.15, -0.1) is 0 Å². The molecule has 0 spiro atoms. The number of hydrogen-bond donors (Lipinski definition) is 1. The van der Waals surface area contributed by atoms with Crippen LogP contribution in [-0.4, -0.2) is 34.1 Å². The average Bonchev–Trinajstić information content (AvgIpc) is 3.39. The molecule has 5 aromatic rings. The Morgan fingerprint density at radius 1 is 0.976 bits per heavy atom. The van der Waals surface area contributed by atoms with Crippen LogP contribution in [0, 0.1) is 6.92 Å². The Balaban J connectivity index is 1.32. The molecule has 3 aromatic heterocycles. The van der Waals surface area contributed by atoms with Gasteiger partial charge in [0.2, 0.25) is 5.91 Å². The Labute approximate surface area is 239 Å². The van der Waals surface area contributed by atoms with Crippen molar-refractivity contribution >= 4 is 32.3 Å². The zero-order valence-electron chi connectivity index (χ0n) is 23.3. The van der Waals surface area contributed by atoms with Crippen molar-refractivity contribution in [3.05, 3.63) is 102 Å². The third kappa shape index (κ3) is 6.60. The molecule has 5 rings (SSSR count). The molecule has 0 aliphatic heterocycles. The number of rotatable bonds is 8. The topological polar surface area (TPSA) is 116 Å². The van der Waals surface area contributed by atoms with Crippen molar-refractivity contribution in [2.24, 2.45) is 0 Å². The summed E-state index contributed by atoms with van der Waals surface area (Å²) in [5, 5.41) is 7.79. The predicted molar refractivity (Wildman–Crippen MR) is 158 cm³/mol. The van der Waals surface area contributed by atoms with Crippen LogP contribution in [0.3, 0.4) is 0 Å². The van der Waals surface area contributed by atoms with Crippen LogP contribution in [0.2, 0.25) is 0 Å². The highest BCUT2D eigenvalue weighted by Crippen LogP contribution is 2.33. The highest BCUT2D eigenvalue weighted by molar-refractivity contribution is 7.90. The second-order valence-corrected chi connectivity index (χ2v) is 12.8. The lowest BCUT2D eigenvalue weighted by atomic mass is 10.1. The number of fused-ring (bicyclic) bond motifs is 1. The number of carbonyl (C=O) groups excluding carboxylic acids is 1. The first-order chi connectivity index (χ1) is 19.5. The summed E-state index contributed by atoms with van der Waals surface area (Å²) in [5.41, 5.74) is 3.22. The molecule has 1 amide bonds. The fraction of sp³-hybridized carbons (Fsp3) is 0.226. The third-order valence-electron chi connectivity index (χ3n) is 6.47. The Bertz CT molecular complexity index is 1830. The molecule has 10 heteroatoms. The quantitative estimate of drug-likeness (QED) is 0.250. The van der Waals surface area contributed by atoms with Crippen LogP contribution in [0.1, 0.15) is 37.6 Å². The smallest absolute Gasteiger partial charge is 0.228 e. The van der Waals surface area contributed by atoms with Gasteiger partial charge >= 0.3 is 0 Å². The summed E-state index contributed by atoms with van der Waals surface area (Å²) in [6, 6.07) is 17.3. The Hall–Kier alpha value is -4.57. The lowest BCUT2D eigenvalue weighted by Gasteiger charge is -2.18. The second-order valence-electron chi connectivity index (χ2n) is 10.8. The van der Waals surface area contributed by atoms with Gasteiger partial charge in [0, 0.05) is 24.0 Å². The molecule has 3 heterocycles. The first kappa shape index (κ1) is 28.0. The molecular formula is C31H31N5O4S. The number of sulfone groups is 1. The summed E-state index contributed by atoms with van der Waals surface area (Å²) < 4.78 is 34.3. The van der Waals surface area contributed by atoms with Crippen LogP contribution in [0.4, 0.5) is 5.69 Å². The van der Waals surface area contributed by atoms with E-state index < -0.39 is 9.84 Å². The molecule has 0 atom stereocenters. The molecule has 41 heavy (non-hydrogen) atoms. The number of aromatic nitrogens is 4. The van der Waals surface area contributed by atoms with E-state index in [0.717, 1.165) is 11.1 Å². The third-order valence-corrected chi connectivity index (χ3v) is 8.12. The van der Waals surface area contributed by atoms with Gasteiger partial charge in [0.15, 0.2) is 9.84 Å². The number of nitrogens with one attached hydrogen (secondary N) is 1. The first-order valence-corrected chi connectivity index (χ1v) is 14.8. The van der Waals surface area contributed by atoms with E-state index in [1.807, 2.05) is 52.1 Å². The van der Waals surface area contributed by atoms with Crippen molar-refractivity contribution in [1.82, 2.24) is 19.7 Å². The number of pyridine rings is 2. The van der Waals surface area contributed by atoms with Gasteiger partial charge in [-0.25, -0.2) is 8.42 Å². The van der Waals surface area contributed by atoms with E-state index in [4.69, 9.17) is 4.74 Å². The summed E-state index contributed by atoms with van der Waals surface area (Å²) in [4.78, 5) is 21.3. The molecule has 2 aromatic carbocycles. The van der Waals surface area contributed by atoms with E-state index in [2.05, 4.69) is 20.4 Å². The minimum atomic E-state index is -3.64. The molecule has 0 saturated carbocycles. The van der Waals surface area contributed by atoms with E-state index in [1.165, 1.54) is 0 Å². The first-order valence-electron chi connectivity index (χ1n) is 13.1. The van der Waals surface area contributed by atoms with Crippen LogP contribution in [0.5, 0.6) is 11.5 Å². The number of aryl methyl sites for hydroxylation is 1. The van der Waals surface area contributed by atoms with Crippen molar-refractivity contribution in [2.45, 2.75) is 50.3 Å².